The summed E-state index contributed by atoms with van der Waals surface area (Å²) in [6.07, 6.45) is 2.55. The SMILES string of the molecule is CCc1cc(CN2CCC(C(=O)Nc3ccc4c(c3)OCO4)CC2)c(O)c(C(C)(C)C)c1. The summed E-state index contributed by atoms with van der Waals surface area (Å²) in [7, 11) is 0. The van der Waals surface area contributed by atoms with E-state index in [9.17, 15) is 9.90 Å². The van der Waals surface area contributed by atoms with E-state index in [0.29, 0.717) is 23.8 Å². The van der Waals surface area contributed by atoms with Crippen LogP contribution in [0.15, 0.2) is 30.3 Å². The summed E-state index contributed by atoms with van der Waals surface area (Å²) >= 11 is 0. The molecule has 2 heterocycles. The maximum absolute atomic E-state index is 12.8. The van der Waals surface area contributed by atoms with Crippen LogP contribution in [0.4, 0.5) is 5.69 Å². The normalized spacial score (nSPS) is 16.9. The van der Waals surface area contributed by atoms with Gasteiger partial charge in [0.2, 0.25) is 12.7 Å². The van der Waals surface area contributed by atoms with Crippen LogP contribution in [-0.4, -0.2) is 35.8 Å². The van der Waals surface area contributed by atoms with Gasteiger partial charge in [0.25, 0.3) is 0 Å². The summed E-state index contributed by atoms with van der Waals surface area (Å²) in [5.74, 6) is 1.83. The number of nitrogens with one attached hydrogen (secondary N) is 1. The van der Waals surface area contributed by atoms with Gasteiger partial charge < -0.3 is 19.9 Å². The zero-order valence-corrected chi connectivity index (χ0v) is 19.5. The maximum atomic E-state index is 12.8. The smallest absolute Gasteiger partial charge is 0.231 e. The van der Waals surface area contributed by atoms with E-state index < -0.39 is 0 Å². The second-order valence-corrected chi connectivity index (χ2v) is 9.86. The quantitative estimate of drug-likeness (QED) is 0.700. The van der Waals surface area contributed by atoms with Crippen molar-refractivity contribution >= 4 is 11.6 Å². The molecule has 2 aromatic rings. The molecule has 2 aliphatic heterocycles. The molecule has 0 aliphatic carbocycles. The average Bonchev–Trinajstić information content (AvgIpc) is 3.22. The van der Waals surface area contributed by atoms with Gasteiger partial charge in [0.1, 0.15) is 5.75 Å². The highest BCUT2D eigenvalue weighted by atomic mass is 16.7. The standard InChI is InChI=1S/C26H34N2O4/c1-5-17-12-19(24(29)21(13-17)26(2,3)4)15-28-10-8-18(9-11-28)25(30)27-20-6-7-22-23(14-20)32-16-31-22/h6-7,12-14,18,29H,5,8-11,15-16H2,1-4H3,(H,27,30). The molecule has 172 valence electrons. The molecule has 2 N–H and O–H groups in total. The van der Waals surface area contributed by atoms with E-state index in [4.69, 9.17) is 9.47 Å². The third-order valence-corrected chi connectivity index (χ3v) is 6.46. The Kier molecular flexibility index (Phi) is 6.33. The maximum Gasteiger partial charge on any atom is 0.231 e. The Morgan fingerprint density at radius 2 is 1.84 bits per heavy atom. The van der Waals surface area contributed by atoms with Crippen molar-refractivity contribution in [3.8, 4) is 17.2 Å². The van der Waals surface area contributed by atoms with E-state index in [2.05, 4.69) is 50.0 Å². The Balaban J connectivity index is 1.36. The van der Waals surface area contributed by atoms with E-state index in [1.54, 1.807) is 0 Å². The van der Waals surface area contributed by atoms with Crippen LogP contribution in [0.2, 0.25) is 0 Å². The van der Waals surface area contributed by atoms with Crippen LogP contribution in [0.3, 0.4) is 0 Å². The lowest BCUT2D eigenvalue weighted by atomic mass is 9.83. The average molecular weight is 439 g/mol. The molecule has 0 radical (unpaired) electrons. The van der Waals surface area contributed by atoms with Crippen molar-refractivity contribution in [1.82, 2.24) is 4.90 Å². The highest BCUT2D eigenvalue weighted by Gasteiger charge is 2.27. The van der Waals surface area contributed by atoms with Crippen LogP contribution < -0.4 is 14.8 Å². The minimum absolute atomic E-state index is 0.0163. The molecule has 1 amide bonds. The number of anilines is 1. The largest absolute Gasteiger partial charge is 0.507 e. The summed E-state index contributed by atoms with van der Waals surface area (Å²) < 4.78 is 10.7. The zero-order chi connectivity index (χ0) is 22.9. The summed E-state index contributed by atoms with van der Waals surface area (Å²) in [4.78, 5) is 15.1. The van der Waals surface area contributed by atoms with Crippen LogP contribution in [0.1, 0.15) is 57.2 Å². The molecule has 6 heteroatoms. The van der Waals surface area contributed by atoms with Gasteiger partial charge in [-0.3, -0.25) is 9.69 Å². The lowest BCUT2D eigenvalue weighted by molar-refractivity contribution is -0.121. The Hall–Kier alpha value is -2.73. The van der Waals surface area contributed by atoms with Crippen LogP contribution in [0.5, 0.6) is 17.2 Å². The van der Waals surface area contributed by atoms with Crippen molar-refractivity contribution in [3.63, 3.8) is 0 Å². The number of hydrogen-bond donors (Lipinski definition) is 2. The summed E-state index contributed by atoms with van der Waals surface area (Å²) in [6, 6.07) is 9.74. The van der Waals surface area contributed by atoms with Crippen molar-refractivity contribution < 1.29 is 19.4 Å². The summed E-state index contributed by atoms with van der Waals surface area (Å²) in [5, 5.41) is 14.0. The number of aryl methyl sites for hydroxylation is 1. The number of hydrogen-bond acceptors (Lipinski definition) is 5. The number of piperidine rings is 1. The molecule has 4 rings (SSSR count). The number of likely N-dealkylation sites (tertiary alicyclic amines) is 1. The van der Waals surface area contributed by atoms with E-state index in [0.717, 1.165) is 49.2 Å². The van der Waals surface area contributed by atoms with Crippen LogP contribution >= 0.6 is 0 Å². The number of benzene rings is 2. The molecule has 0 saturated carbocycles. The van der Waals surface area contributed by atoms with Gasteiger partial charge in [-0.1, -0.05) is 39.8 Å². The molecule has 0 spiro atoms. The highest BCUT2D eigenvalue weighted by molar-refractivity contribution is 5.93. The predicted octanol–water partition coefficient (Wildman–Crippen LogP) is 4.83. The molecule has 6 nitrogen and oxygen atoms in total. The van der Waals surface area contributed by atoms with E-state index >= 15 is 0 Å². The lowest BCUT2D eigenvalue weighted by Crippen LogP contribution is -2.37. The third kappa shape index (κ3) is 4.85. The first-order chi connectivity index (χ1) is 15.2. The number of phenols is 1. The monoisotopic (exact) mass is 438 g/mol. The molecule has 1 saturated heterocycles. The van der Waals surface area contributed by atoms with Gasteiger partial charge in [-0.05, 0) is 61.0 Å². The van der Waals surface area contributed by atoms with Crippen molar-refractivity contribution in [2.24, 2.45) is 5.92 Å². The van der Waals surface area contributed by atoms with Gasteiger partial charge in [-0.15, -0.1) is 0 Å². The number of phenolic OH excluding ortho intramolecular Hbond substituents is 1. The first-order valence-corrected chi connectivity index (χ1v) is 11.5. The number of carbonyl (C=O) groups excluding carboxylic acids is 1. The zero-order valence-electron chi connectivity index (χ0n) is 19.5. The minimum atomic E-state index is -0.107. The van der Waals surface area contributed by atoms with E-state index in [1.807, 2.05) is 18.2 Å². The second-order valence-electron chi connectivity index (χ2n) is 9.86. The molecule has 0 unspecified atom stereocenters. The minimum Gasteiger partial charge on any atom is -0.507 e. The number of rotatable bonds is 5. The van der Waals surface area contributed by atoms with Gasteiger partial charge in [0.05, 0.1) is 0 Å². The molecular weight excluding hydrogens is 404 g/mol. The Labute approximate surface area is 190 Å². The fourth-order valence-electron chi connectivity index (χ4n) is 4.47. The van der Waals surface area contributed by atoms with Crippen molar-refractivity contribution in [2.45, 2.75) is 58.9 Å². The number of aromatic hydroxyl groups is 1. The first kappa shape index (κ1) is 22.5. The molecule has 0 bridgehead atoms. The predicted molar refractivity (Wildman–Crippen MR) is 125 cm³/mol. The van der Waals surface area contributed by atoms with Gasteiger partial charge in [-0.2, -0.15) is 0 Å². The fraction of sp³-hybridized carbons (Fsp3) is 0.500. The number of ether oxygens (including phenoxy) is 2. The van der Waals surface area contributed by atoms with Crippen LogP contribution in [0.25, 0.3) is 0 Å². The first-order valence-electron chi connectivity index (χ1n) is 11.5. The molecular formula is C26H34N2O4. The van der Waals surface area contributed by atoms with Crippen LogP contribution in [0, 0.1) is 5.92 Å². The fourth-order valence-corrected chi connectivity index (χ4v) is 4.47. The summed E-state index contributed by atoms with van der Waals surface area (Å²) in [6.45, 7) is 11.1. The van der Waals surface area contributed by atoms with Gasteiger partial charge >= 0.3 is 0 Å². The number of amides is 1. The van der Waals surface area contributed by atoms with Gasteiger partial charge in [0.15, 0.2) is 11.5 Å². The Morgan fingerprint density at radius 3 is 2.53 bits per heavy atom. The van der Waals surface area contributed by atoms with E-state index in [1.165, 1.54) is 5.56 Å². The molecule has 2 aromatic carbocycles. The summed E-state index contributed by atoms with van der Waals surface area (Å²) in [5.41, 5.74) is 3.87. The van der Waals surface area contributed by atoms with Crippen molar-refractivity contribution in [1.29, 1.82) is 0 Å². The third-order valence-electron chi connectivity index (χ3n) is 6.46. The molecule has 2 aliphatic rings. The molecule has 1 fully saturated rings. The topological polar surface area (TPSA) is 71.0 Å². The number of carbonyl (C=O) groups is 1. The van der Waals surface area contributed by atoms with Gasteiger partial charge in [0, 0.05) is 29.8 Å². The molecule has 32 heavy (non-hydrogen) atoms. The second kappa shape index (κ2) is 9.02. The van der Waals surface area contributed by atoms with Gasteiger partial charge in [-0.25, -0.2) is 0 Å². The number of fused-ring (bicyclic) bond motifs is 1. The van der Waals surface area contributed by atoms with E-state index in [-0.39, 0.29) is 24.0 Å². The molecule has 0 aromatic heterocycles. The Bertz CT molecular complexity index is 988. The van der Waals surface area contributed by atoms with Crippen molar-refractivity contribution in [2.75, 3.05) is 25.2 Å². The lowest BCUT2D eigenvalue weighted by Gasteiger charge is -2.32. The highest BCUT2D eigenvalue weighted by Crippen LogP contribution is 2.36. The number of nitrogens with zero attached hydrogens (tertiary/aromatic N) is 1. The van der Waals surface area contributed by atoms with Crippen LogP contribution in [-0.2, 0) is 23.2 Å². The van der Waals surface area contributed by atoms with Crippen molar-refractivity contribution in [3.05, 3.63) is 47.0 Å². The Morgan fingerprint density at radius 1 is 1.12 bits per heavy atom. The molecule has 0 atom stereocenters.